The fraction of sp³-hybridized carbons (Fsp3) is 0.292. The molecule has 1 amide bonds. The van der Waals surface area contributed by atoms with Crippen molar-refractivity contribution in [1.82, 2.24) is 19.7 Å². The maximum absolute atomic E-state index is 13.4. The minimum atomic E-state index is -0.691. The summed E-state index contributed by atoms with van der Waals surface area (Å²) in [4.78, 5) is 36.4. The highest BCUT2D eigenvalue weighted by Gasteiger charge is 2.25. The van der Waals surface area contributed by atoms with Crippen molar-refractivity contribution in [3.05, 3.63) is 74.1 Å². The van der Waals surface area contributed by atoms with Gasteiger partial charge in [0, 0.05) is 31.1 Å². The predicted octanol–water partition coefficient (Wildman–Crippen LogP) is 3.11. The SMILES string of the molecule is Cc1cc(C(C)Nc2ccc(Cl)nc2C(N)=O)c2nc(N3CCc4nocc4C3)n(C)c(=O)c2c1. The van der Waals surface area contributed by atoms with Crippen molar-refractivity contribution in [2.45, 2.75) is 32.9 Å². The Labute approximate surface area is 205 Å². The number of halogens is 1. The highest BCUT2D eigenvalue weighted by atomic mass is 35.5. The number of carbonyl (C=O) groups excluding carboxylic acids is 1. The number of hydrogen-bond donors (Lipinski definition) is 2. The first-order valence-electron chi connectivity index (χ1n) is 11.1. The van der Waals surface area contributed by atoms with Gasteiger partial charge in [0.2, 0.25) is 5.95 Å². The Morgan fingerprint density at radius 1 is 1.29 bits per heavy atom. The van der Waals surface area contributed by atoms with Gasteiger partial charge in [0.1, 0.15) is 11.4 Å². The van der Waals surface area contributed by atoms with E-state index in [1.807, 2.05) is 26.0 Å². The molecule has 5 rings (SSSR count). The highest BCUT2D eigenvalue weighted by molar-refractivity contribution is 6.29. The van der Waals surface area contributed by atoms with Crippen LogP contribution < -0.4 is 21.5 Å². The van der Waals surface area contributed by atoms with Crippen molar-refractivity contribution in [3.63, 3.8) is 0 Å². The fourth-order valence-electron chi connectivity index (χ4n) is 4.52. The molecule has 0 aliphatic carbocycles. The number of fused-ring (bicyclic) bond motifs is 2. The summed E-state index contributed by atoms with van der Waals surface area (Å²) in [6.45, 7) is 5.08. The third kappa shape index (κ3) is 4.10. The molecule has 0 radical (unpaired) electrons. The van der Waals surface area contributed by atoms with Crippen molar-refractivity contribution in [2.75, 3.05) is 16.8 Å². The van der Waals surface area contributed by atoms with Gasteiger partial charge in [0.15, 0.2) is 5.69 Å². The lowest BCUT2D eigenvalue weighted by Gasteiger charge is -2.28. The van der Waals surface area contributed by atoms with E-state index in [4.69, 9.17) is 26.8 Å². The van der Waals surface area contributed by atoms with Gasteiger partial charge in [-0.1, -0.05) is 22.8 Å². The lowest BCUT2D eigenvalue weighted by atomic mass is 10.0. The average molecular weight is 494 g/mol. The zero-order valence-electron chi connectivity index (χ0n) is 19.5. The van der Waals surface area contributed by atoms with E-state index in [0.29, 0.717) is 42.0 Å². The van der Waals surface area contributed by atoms with Gasteiger partial charge in [0.05, 0.1) is 34.9 Å². The van der Waals surface area contributed by atoms with Crippen molar-refractivity contribution < 1.29 is 9.32 Å². The molecule has 0 bridgehead atoms. The Morgan fingerprint density at radius 3 is 2.86 bits per heavy atom. The molecule has 180 valence electrons. The van der Waals surface area contributed by atoms with Gasteiger partial charge in [0.25, 0.3) is 11.5 Å². The number of amides is 1. The van der Waals surface area contributed by atoms with Crippen molar-refractivity contribution in [2.24, 2.45) is 12.8 Å². The number of rotatable bonds is 5. The number of anilines is 2. The van der Waals surface area contributed by atoms with Gasteiger partial charge in [-0.25, -0.2) is 9.97 Å². The van der Waals surface area contributed by atoms with Gasteiger partial charge < -0.3 is 20.5 Å². The molecule has 3 aromatic heterocycles. The topological polar surface area (TPSA) is 132 Å². The molecule has 0 spiro atoms. The van der Waals surface area contributed by atoms with Crippen LogP contribution in [0.4, 0.5) is 11.6 Å². The Bertz CT molecular complexity index is 1530. The number of carbonyl (C=O) groups is 1. The van der Waals surface area contributed by atoms with E-state index in [2.05, 4.69) is 20.4 Å². The number of hydrogen-bond acceptors (Lipinski definition) is 8. The van der Waals surface area contributed by atoms with Crippen LogP contribution in [0.25, 0.3) is 10.9 Å². The lowest BCUT2D eigenvalue weighted by molar-refractivity contribution is 0.0996. The molecule has 11 heteroatoms. The quantitative estimate of drug-likeness (QED) is 0.405. The monoisotopic (exact) mass is 493 g/mol. The molecule has 0 saturated carbocycles. The van der Waals surface area contributed by atoms with E-state index in [9.17, 15) is 9.59 Å². The van der Waals surface area contributed by atoms with Gasteiger partial charge in [-0.3, -0.25) is 14.2 Å². The lowest BCUT2D eigenvalue weighted by Crippen LogP contribution is -2.35. The number of nitrogens with one attached hydrogen (secondary N) is 1. The number of nitrogens with zero attached hydrogens (tertiary/aromatic N) is 5. The smallest absolute Gasteiger partial charge is 0.269 e. The number of aromatic nitrogens is 4. The van der Waals surface area contributed by atoms with E-state index < -0.39 is 5.91 Å². The molecule has 4 heterocycles. The zero-order chi connectivity index (χ0) is 24.9. The summed E-state index contributed by atoms with van der Waals surface area (Å²) in [5.74, 6) is -0.124. The molecular formula is C24H24ClN7O3. The molecule has 1 aliphatic heterocycles. The Morgan fingerprint density at radius 2 is 2.09 bits per heavy atom. The van der Waals surface area contributed by atoms with Crippen LogP contribution in [0.5, 0.6) is 0 Å². The van der Waals surface area contributed by atoms with Crippen LogP contribution in [-0.4, -0.2) is 32.1 Å². The first-order chi connectivity index (χ1) is 16.7. The second-order valence-corrected chi connectivity index (χ2v) is 9.13. The number of nitrogens with two attached hydrogens (primary N) is 1. The summed E-state index contributed by atoms with van der Waals surface area (Å²) in [6.07, 6.45) is 2.34. The molecule has 1 atom stereocenters. The van der Waals surface area contributed by atoms with Gasteiger partial charge in [-0.2, -0.15) is 0 Å². The van der Waals surface area contributed by atoms with E-state index in [0.717, 1.165) is 22.4 Å². The second kappa shape index (κ2) is 8.70. The summed E-state index contributed by atoms with van der Waals surface area (Å²) >= 11 is 5.95. The van der Waals surface area contributed by atoms with Crippen molar-refractivity contribution in [3.8, 4) is 0 Å². The Hall–Kier alpha value is -3.92. The maximum Gasteiger partial charge on any atom is 0.269 e. The fourth-order valence-corrected chi connectivity index (χ4v) is 4.66. The first kappa shape index (κ1) is 22.9. The van der Waals surface area contributed by atoms with Crippen LogP contribution in [0.1, 0.15) is 45.8 Å². The molecule has 0 saturated heterocycles. The molecule has 1 aliphatic rings. The standard InChI is InChI=1S/C24H24ClN7O3/c1-12-8-15(13(2)27-18-4-5-19(25)28-21(18)22(26)33)20-16(9-12)23(34)31(3)24(29-20)32-7-6-17-14(10-32)11-35-30-17/h4-5,8-9,11,13,27H,6-7,10H2,1-3H3,(H2,26,33). The molecule has 1 aromatic carbocycles. The Balaban J connectivity index is 1.60. The normalized spacial score (nSPS) is 14.1. The summed E-state index contributed by atoms with van der Waals surface area (Å²) in [7, 11) is 1.73. The highest BCUT2D eigenvalue weighted by Crippen LogP contribution is 2.30. The van der Waals surface area contributed by atoms with Crippen LogP contribution in [0.2, 0.25) is 5.15 Å². The summed E-state index contributed by atoms with van der Waals surface area (Å²) < 4.78 is 6.69. The van der Waals surface area contributed by atoms with Crippen LogP contribution in [-0.2, 0) is 20.0 Å². The number of benzene rings is 1. The third-order valence-electron chi connectivity index (χ3n) is 6.25. The van der Waals surface area contributed by atoms with Gasteiger partial charge >= 0.3 is 0 Å². The number of aryl methyl sites for hydroxylation is 1. The molecule has 35 heavy (non-hydrogen) atoms. The van der Waals surface area contributed by atoms with E-state index in [1.54, 1.807) is 30.0 Å². The Kier molecular flexibility index (Phi) is 5.68. The molecule has 10 nitrogen and oxygen atoms in total. The average Bonchev–Trinajstić information content (AvgIpc) is 3.30. The van der Waals surface area contributed by atoms with Crippen LogP contribution in [0.3, 0.4) is 0 Å². The van der Waals surface area contributed by atoms with Crippen LogP contribution >= 0.6 is 11.6 Å². The summed E-state index contributed by atoms with van der Waals surface area (Å²) in [6, 6.07) is 6.75. The second-order valence-electron chi connectivity index (χ2n) is 8.74. The van der Waals surface area contributed by atoms with Gasteiger partial charge in [-0.15, -0.1) is 0 Å². The summed E-state index contributed by atoms with van der Waals surface area (Å²) in [5.41, 5.74) is 10.1. The first-order valence-corrected chi connectivity index (χ1v) is 11.5. The molecule has 1 unspecified atom stereocenters. The van der Waals surface area contributed by atoms with E-state index in [1.165, 1.54) is 0 Å². The number of pyridine rings is 1. The largest absolute Gasteiger partial charge is 0.377 e. The molecule has 4 aromatic rings. The number of primary amides is 1. The van der Waals surface area contributed by atoms with Crippen LogP contribution in [0, 0.1) is 6.92 Å². The van der Waals surface area contributed by atoms with Crippen molar-refractivity contribution >= 4 is 40.0 Å². The molecule has 0 fully saturated rings. The molecule has 3 N–H and O–H groups in total. The van der Waals surface area contributed by atoms with Crippen molar-refractivity contribution in [1.29, 1.82) is 0 Å². The summed E-state index contributed by atoms with van der Waals surface area (Å²) in [5, 5.41) is 8.03. The minimum Gasteiger partial charge on any atom is -0.377 e. The van der Waals surface area contributed by atoms with Crippen LogP contribution in [0.15, 0.2) is 39.8 Å². The maximum atomic E-state index is 13.4. The van der Waals surface area contributed by atoms with E-state index in [-0.39, 0.29) is 22.4 Å². The third-order valence-corrected chi connectivity index (χ3v) is 6.47. The molecular weight excluding hydrogens is 470 g/mol. The van der Waals surface area contributed by atoms with Gasteiger partial charge in [-0.05, 0) is 37.6 Å². The zero-order valence-corrected chi connectivity index (χ0v) is 20.3. The minimum absolute atomic E-state index is 0.0451. The predicted molar refractivity (Wildman–Crippen MR) is 133 cm³/mol. The van der Waals surface area contributed by atoms with E-state index >= 15 is 0 Å².